The van der Waals surface area contributed by atoms with Crippen LogP contribution in [0.3, 0.4) is 0 Å². The summed E-state index contributed by atoms with van der Waals surface area (Å²) in [5, 5.41) is 2.07. The van der Waals surface area contributed by atoms with Gasteiger partial charge in [0, 0.05) is 40.7 Å². The lowest BCUT2D eigenvalue weighted by molar-refractivity contribution is 0.905. The SMILES string of the molecule is CN(Cc1ccccc1)c1nccc2c(Br)ccc(N)c12. The van der Waals surface area contributed by atoms with E-state index in [-0.39, 0.29) is 0 Å². The van der Waals surface area contributed by atoms with Crippen LogP contribution in [0.5, 0.6) is 0 Å². The molecular weight excluding hydrogens is 326 g/mol. The summed E-state index contributed by atoms with van der Waals surface area (Å²) in [5.74, 6) is 0.898. The number of halogens is 1. The Kier molecular flexibility index (Phi) is 3.80. The first-order valence-electron chi connectivity index (χ1n) is 6.74. The summed E-state index contributed by atoms with van der Waals surface area (Å²) in [6, 6.07) is 16.2. The average molecular weight is 342 g/mol. The number of fused-ring (bicyclic) bond motifs is 1. The van der Waals surface area contributed by atoms with E-state index in [1.54, 1.807) is 0 Å². The molecule has 0 spiro atoms. The third-order valence-corrected chi connectivity index (χ3v) is 4.20. The number of anilines is 2. The minimum Gasteiger partial charge on any atom is -0.398 e. The molecule has 3 nitrogen and oxygen atoms in total. The molecule has 0 bridgehead atoms. The molecule has 0 aliphatic heterocycles. The summed E-state index contributed by atoms with van der Waals surface area (Å²) >= 11 is 3.58. The Morgan fingerprint density at radius 2 is 1.86 bits per heavy atom. The highest BCUT2D eigenvalue weighted by atomic mass is 79.9. The highest BCUT2D eigenvalue weighted by Gasteiger charge is 2.12. The predicted molar refractivity (Wildman–Crippen MR) is 92.4 cm³/mol. The van der Waals surface area contributed by atoms with Crippen LogP contribution in [0.1, 0.15) is 5.56 Å². The van der Waals surface area contributed by atoms with Gasteiger partial charge < -0.3 is 10.6 Å². The van der Waals surface area contributed by atoms with E-state index in [4.69, 9.17) is 5.73 Å². The van der Waals surface area contributed by atoms with Gasteiger partial charge in [0.05, 0.1) is 0 Å². The van der Waals surface area contributed by atoms with E-state index >= 15 is 0 Å². The van der Waals surface area contributed by atoms with Crippen LogP contribution in [-0.2, 0) is 6.54 Å². The van der Waals surface area contributed by atoms with Crippen molar-refractivity contribution in [1.82, 2.24) is 4.98 Å². The Bertz CT molecular complexity index is 772. The summed E-state index contributed by atoms with van der Waals surface area (Å²) in [6.45, 7) is 0.791. The van der Waals surface area contributed by atoms with Gasteiger partial charge in [-0.15, -0.1) is 0 Å². The number of pyridine rings is 1. The molecule has 0 fully saturated rings. The second-order valence-corrected chi connectivity index (χ2v) is 5.89. The fourth-order valence-electron chi connectivity index (χ4n) is 2.49. The maximum Gasteiger partial charge on any atom is 0.138 e. The lowest BCUT2D eigenvalue weighted by Crippen LogP contribution is -2.18. The molecule has 0 aliphatic rings. The Balaban J connectivity index is 2.06. The van der Waals surface area contributed by atoms with Crippen molar-refractivity contribution < 1.29 is 0 Å². The van der Waals surface area contributed by atoms with Gasteiger partial charge in [0.25, 0.3) is 0 Å². The van der Waals surface area contributed by atoms with Gasteiger partial charge in [-0.2, -0.15) is 0 Å². The van der Waals surface area contributed by atoms with Crippen molar-refractivity contribution in [2.24, 2.45) is 0 Å². The zero-order chi connectivity index (χ0) is 14.8. The Morgan fingerprint density at radius 1 is 1.10 bits per heavy atom. The van der Waals surface area contributed by atoms with Gasteiger partial charge >= 0.3 is 0 Å². The summed E-state index contributed by atoms with van der Waals surface area (Å²) in [5.41, 5.74) is 8.16. The van der Waals surface area contributed by atoms with Crippen LogP contribution in [0, 0.1) is 0 Å². The highest BCUT2D eigenvalue weighted by Crippen LogP contribution is 2.34. The van der Waals surface area contributed by atoms with Crippen LogP contribution in [-0.4, -0.2) is 12.0 Å². The van der Waals surface area contributed by atoms with Crippen LogP contribution in [0.15, 0.2) is 59.2 Å². The van der Waals surface area contributed by atoms with Crippen LogP contribution in [0.4, 0.5) is 11.5 Å². The lowest BCUT2D eigenvalue weighted by atomic mass is 10.1. The number of aromatic nitrogens is 1. The molecule has 3 rings (SSSR count). The first kappa shape index (κ1) is 13.9. The molecule has 1 heterocycles. The Morgan fingerprint density at radius 3 is 2.62 bits per heavy atom. The van der Waals surface area contributed by atoms with E-state index in [1.807, 2.05) is 49.6 Å². The third kappa shape index (κ3) is 2.72. The molecule has 2 N–H and O–H groups in total. The molecule has 0 amide bonds. The van der Waals surface area contributed by atoms with Crippen LogP contribution in [0.25, 0.3) is 10.8 Å². The van der Waals surface area contributed by atoms with Crippen molar-refractivity contribution in [2.45, 2.75) is 6.54 Å². The van der Waals surface area contributed by atoms with E-state index < -0.39 is 0 Å². The standard InChI is InChI=1S/C17H16BrN3/c1-21(11-12-5-3-2-4-6-12)17-16-13(9-10-20-17)14(18)7-8-15(16)19/h2-10H,11,19H2,1H3. The second kappa shape index (κ2) is 5.74. The molecule has 0 aliphatic carbocycles. The van der Waals surface area contributed by atoms with Gasteiger partial charge in [0.1, 0.15) is 5.82 Å². The monoisotopic (exact) mass is 341 g/mol. The molecule has 21 heavy (non-hydrogen) atoms. The molecule has 1 aromatic heterocycles. The molecule has 2 aromatic carbocycles. The molecule has 0 saturated heterocycles. The maximum atomic E-state index is 6.17. The highest BCUT2D eigenvalue weighted by molar-refractivity contribution is 9.10. The Labute approximate surface area is 132 Å². The van der Waals surface area contributed by atoms with Crippen LogP contribution < -0.4 is 10.6 Å². The molecule has 0 radical (unpaired) electrons. The summed E-state index contributed by atoms with van der Waals surface area (Å²) in [7, 11) is 2.04. The number of hydrogen-bond donors (Lipinski definition) is 1. The minimum absolute atomic E-state index is 0.746. The number of nitrogen functional groups attached to an aromatic ring is 1. The van der Waals surface area contributed by atoms with Gasteiger partial charge in [-0.1, -0.05) is 46.3 Å². The number of rotatable bonds is 3. The van der Waals surface area contributed by atoms with Crippen molar-refractivity contribution in [3.05, 3.63) is 64.8 Å². The fraction of sp³-hybridized carbons (Fsp3) is 0.118. The van der Waals surface area contributed by atoms with E-state index in [0.29, 0.717) is 0 Å². The molecule has 0 saturated carbocycles. The number of hydrogen-bond acceptors (Lipinski definition) is 3. The topological polar surface area (TPSA) is 42.2 Å². The lowest BCUT2D eigenvalue weighted by Gasteiger charge is -2.21. The van der Waals surface area contributed by atoms with Crippen molar-refractivity contribution in [2.75, 3.05) is 17.7 Å². The fourth-order valence-corrected chi connectivity index (χ4v) is 2.95. The molecule has 106 valence electrons. The van der Waals surface area contributed by atoms with Gasteiger partial charge in [-0.3, -0.25) is 0 Å². The zero-order valence-electron chi connectivity index (χ0n) is 11.8. The van der Waals surface area contributed by atoms with E-state index in [0.717, 1.165) is 33.3 Å². The average Bonchev–Trinajstić information content (AvgIpc) is 2.51. The van der Waals surface area contributed by atoms with Crippen molar-refractivity contribution in [3.63, 3.8) is 0 Å². The normalized spacial score (nSPS) is 10.8. The summed E-state index contributed by atoms with van der Waals surface area (Å²) in [4.78, 5) is 6.66. The second-order valence-electron chi connectivity index (χ2n) is 5.04. The molecular formula is C17H16BrN3. The van der Waals surface area contributed by atoms with E-state index in [2.05, 4.69) is 37.9 Å². The van der Waals surface area contributed by atoms with E-state index in [1.165, 1.54) is 5.56 Å². The van der Waals surface area contributed by atoms with Crippen molar-refractivity contribution in [3.8, 4) is 0 Å². The molecule has 0 atom stereocenters. The van der Waals surface area contributed by atoms with Crippen molar-refractivity contribution >= 4 is 38.2 Å². The summed E-state index contributed by atoms with van der Waals surface area (Å²) in [6.07, 6.45) is 1.82. The minimum atomic E-state index is 0.746. The van der Waals surface area contributed by atoms with Crippen LogP contribution >= 0.6 is 15.9 Å². The largest absolute Gasteiger partial charge is 0.398 e. The smallest absolute Gasteiger partial charge is 0.138 e. The number of nitrogens with zero attached hydrogens (tertiary/aromatic N) is 2. The van der Waals surface area contributed by atoms with Gasteiger partial charge in [0.2, 0.25) is 0 Å². The molecule has 0 unspecified atom stereocenters. The summed E-state index contributed by atoms with van der Waals surface area (Å²) < 4.78 is 1.03. The Hall–Kier alpha value is -2.07. The third-order valence-electron chi connectivity index (χ3n) is 3.51. The first-order chi connectivity index (χ1) is 10.2. The number of nitrogens with two attached hydrogens (primary N) is 1. The zero-order valence-corrected chi connectivity index (χ0v) is 13.3. The van der Waals surface area contributed by atoms with Crippen LogP contribution in [0.2, 0.25) is 0 Å². The number of benzene rings is 2. The van der Waals surface area contributed by atoms with Crippen molar-refractivity contribution in [1.29, 1.82) is 0 Å². The van der Waals surface area contributed by atoms with Gasteiger partial charge in [0.15, 0.2) is 0 Å². The van der Waals surface area contributed by atoms with E-state index in [9.17, 15) is 0 Å². The maximum absolute atomic E-state index is 6.17. The molecule has 4 heteroatoms. The first-order valence-corrected chi connectivity index (χ1v) is 7.54. The predicted octanol–water partition coefficient (Wildman–Crippen LogP) is 4.22. The quantitative estimate of drug-likeness (QED) is 0.725. The van der Waals surface area contributed by atoms with Gasteiger partial charge in [-0.25, -0.2) is 4.98 Å². The van der Waals surface area contributed by atoms with Gasteiger partial charge in [-0.05, 0) is 23.8 Å². The molecule has 3 aromatic rings.